The van der Waals surface area contributed by atoms with Crippen molar-refractivity contribution in [3.05, 3.63) is 65.7 Å². The second-order valence-electron chi connectivity index (χ2n) is 4.16. The zero-order valence-corrected chi connectivity index (χ0v) is 11.9. The molecule has 94 valence electrons. The van der Waals surface area contributed by atoms with Crippen LogP contribution in [-0.2, 0) is 6.42 Å². The molecule has 0 heterocycles. The van der Waals surface area contributed by atoms with E-state index in [0.717, 1.165) is 30.5 Å². The van der Waals surface area contributed by atoms with Gasteiger partial charge >= 0.3 is 0 Å². The smallest absolute Gasteiger partial charge is 0.122 e. The molecule has 0 amide bonds. The second kappa shape index (κ2) is 7.22. The van der Waals surface area contributed by atoms with Crippen molar-refractivity contribution in [1.29, 1.82) is 0 Å². The lowest BCUT2D eigenvalue weighted by atomic mass is 10.0. The molecule has 0 aliphatic carbocycles. The van der Waals surface area contributed by atoms with Crippen molar-refractivity contribution in [1.82, 2.24) is 0 Å². The zero-order valence-electron chi connectivity index (χ0n) is 10.3. The number of halogens is 1. The van der Waals surface area contributed by atoms with Gasteiger partial charge in [-0.3, -0.25) is 0 Å². The summed E-state index contributed by atoms with van der Waals surface area (Å²) in [5, 5.41) is 0.980. The lowest BCUT2D eigenvalue weighted by Crippen LogP contribution is -2.01. The van der Waals surface area contributed by atoms with E-state index in [1.807, 2.05) is 18.2 Å². The van der Waals surface area contributed by atoms with Crippen LogP contribution in [0.4, 0.5) is 0 Å². The summed E-state index contributed by atoms with van der Waals surface area (Å²) in [5.41, 5.74) is 2.56. The molecule has 0 fully saturated rings. The summed E-state index contributed by atoms with van der Waals surface area (Å²) in [4.78, 5) is 0. The fraction of sp³-hybridized carbons (Fsp3) is 0.250. The highest BCUT2D eigenvalue weighted by atomic mass is 79.9. The van der Waals surface area contributed by atoms with Gasteiger partial charge in [0.2, 0.25) is 0 Å². The SMILES string of the molecule is BrCCCOc1ccccc1Cc1ccccc1. The van der Waals surface area contributed by atoms with Crippen LogP contribution in [0.1, 0.15) is 17.5 Å². The number of hydrogen-bond acceptors (Lipinski definition) is 1. The first-order chi connectivity index (χ1) is 8.90. The van der Waals surface area contributed by atoms with E-state index in [0.29, 0.717) is 0 Å². The fourth-order valence-electron chi connectivity index (χ4n) is 1.84. The predicted molar refractivity (Wildman–Crippen MR) is 79.6 cm³/mol. The first-order valence-electron chi connectivity index (χ1n) is 6.21. The van der Waals surface area contributed by atoms with E-state index in [4.69, 9.17) is 4.74 Å². The Kier molecular flexibility index (Phi) is 5.28. The van der Waals surface area contributed by atoms with Gasteiger partial charge in [-0.05, 0) is 23.6 Å². The van der Waals surface area contributed by atoms with Gasteiger partial charge in [0.15, 0.2) is 0 Å². The Hall–Kier alpha value is -1.28. The second-order valence-corrected chi connectivity index (χ2v) is 4.95. The molecule has 0 atom stereocenters. The van der Waals surface area contributed by atoms with Crippen molar-refractivity contribution in [2.75, 3.05) is 11.9 Å². The van der Waals surface area contributed by atoms with E-state index in [-0.39, 0.29) is 0 Å². The Bertz CT molecular complexity index is 468. The van der Waals surface area contributed by atoms with E-state index in [9.17, 15) is 0 Å². The molecule has 2 aromatic rings. The summed E-state index contributed by atoms with van der Waals surface area (Å²) in [7, 11) is 0. The zero-order chi connectivity index (χ0) is 12.6. The Balaban J connectivity index is 2.07. The highest BCUT2D eigenvalue weighted by molar-refractivity contribution is 9.09. The Morgan fingerprint density at radius 2 is 1.61 bits per heavy atom. The van der Waals surface area contributed by atoms with E-state index in [1.54, 1.807) is 0 Å². The molecule has 0 aliphatic heterocycles. The molecule has 18 heavy (non-hydrogen) atoms. The van der Waals surface area contributed by atoms with E-state index in [2.05, 4.69) is 52.3 Å². The molecule has 0 spiro atoms. The lowest BCUT2D eigenvalue weighted by molar-refractivity contribution is 0.316. The maximum atomic E-state index is 5.82. The van der Waals surface area contributed by atoms with Gasteiger partial charge in [0.1, 0.15) is 5.75 Å². The van der Waals surface area contributed by atoms with Crippen LogP contribution in [0.2, 0.25) is 0 Å². The molecule has 1 nitrogen and oxygen atoms in total. The van der Waals surface area contributed by atoms with Crippen LogP contribution in [-0.4, -0.2) is 11.9 Å². The molecule has 0 unspecified atom stereocenters. The van der Waals surface area contributed by atoms with Gasteiger partial charge in [-0.15, -0.1) is 0 Å². The average Bonchev–Trinajstić information content (AvgIpc) is 2.42. The summed E-state index contributed by atoms with van der Waals surface area (Å²) in [6.07, 6.45) is 1.95. The van der Waals surface area contributed by atoms with E-state index in [1.165, 1.54) is 11.1 Å². The average molecular weight is 305 g/mol. The van der Waals surface area contributed by atoms with Gasteiger partial charge in [0.25, 0.3) is 0 Å². The fourth-order valence-corrected chi connectivity index (χ4v) is 2.07. The molecule has 2 aromatic carbocycles. The molecule has 0 aliphatic rings. The van der Waals surface area contributed by atoms with Crippen molar-refractivity contribution < 1.29 is 4.74 Å². The van der Waals surface area contributed by atoms with Crippen LogP contribution in [0.25, 0.3) is 0 Å². The summed E-state index contributed by atoms with van der Waals surface area (Å²) in [6.45, 7) is 0.761. The van der Waals surface area contributed by atoms with E-state index >= 15 is 0 Å². The van der Waals surface area contributed by atoms with Crippen molar-refractivity contribution in [3.8, 4) is 5.75 Å². The minimum Gasteiger partial charge on any atom is -0.493 e. The molecule has 0 N–H and O–H groups in total. The summed E-state index contributed by atoms with van der Waals surface area (Å²) in [6, 6.07) is 18.8. The lowest BCUT2D eigenvalue weighted by Gasteiger charge is -2.11. The van der Waals surface area contributed by atoms with Gasteiger partial charge < -0.3 is 4.74 Å². The Morgan fingerprint density at radius 3 is 2.39 bits per heavy atom. The largest absolute Gasteiger partial charge is 0.493 e. The first-order valence-corrected chi connectivity index (χ1v) is 7.33. The maximum absolute atomic E-state index is 5.82. The third kappa shape index (κ3) is 3.88. The van der Waals surface area contributed by atoms with Crippen LogP contribution < -0.4 is 4.74 Å². The highest BCUT2D eigenvalue weighted by Crippen LogP contribution is 2.21. The Labute approximate surface area is 117 Å². The maximum Gasteiger partial charge on any atom is 0.122 e. The van der Waals surface area contributed by atoms with Crippen LogP contribution >= 0.6 is 15.9 Å². The molecule has 0 saturated carbocycles. The van der Waals surface area contributed by atoms with Gasteiger partial charge in [-0.2, -0.15) is 0 Å². The molecule has 0 radical (unpaired) electrons. The normalized spacial score (nSPS) is 10.3. The minimum absolute atomic E-state index is 0.761. The molecule has 2 rings (SSSR count). The Morgan fingerprint density at radius 1 is 0.889 bits per heavy atom. The topological polar surface area (TPSA) is 9.23 Å². The van der Waals surface area contributed by atoms with Gasteiger partial charge in [-0.1, -0.05) is 64.5 Å². The molecule has 0 aromatic heterocycles. The number of hydrogen-bond donors (Lipinski definition) is 0. The summed E-state index contributed by atoms with van der Waals surface area (Å²) < 4.78 is 5.82. The van der Waals surface area contributed by atoms with Crippen molar-refractivity contribution in [3.63, 3.8) is 0 Å². The third-order valence-corrected chi connectivity index (χ3v) is 3.31. The van der Waals surface area contributed by atoms with Gasteiger partial charge in [-0.25, -0.2) is 0 Å². The van der Waals surface area contributed by atoms with Gasteiger partial charge in [0, 0.05) is 11.8 Å². The van der Waals surface area contributed by atoms with Crippen LogP contribution in [0.15, 0.2) is 54.6 Å². The van der Waals surface area contributed by atoms with Crippen LogP contribution in [0.5, 0.6) is 5.75 Å². The molecular weight excluding hydrogens is 288 g/mol. The van der Waals surface area contributed by atoms with Crippen molar-refractivity contribution >= 4 is 15.9 Å². The van der Waals surface area contributed by atoms with Gasteiger partial charge in [0.05, 0.1) is 6.61 Å². The number of benzene rings is 2. The monoisotopic (exact) mass is 304 g/mol. The molecule has 2 heteroatoms. The molecular formula is C16H17BrO. The quantitative estimate of drug-likeness (QED) is 0.566. The number of alkyl halides is 1. The number of rotatable bonds is 6. The third-order valence-electron chi connectivity index (χ3n) is 2.75. The van der Waals surface area contributed by atoms with Crippen molar-refractivity contribution in [2.24, 2.45) is 0 Å². The number of ether oxygens (including phenoxy) is 1. The van der Waals surface area contributed by atoms with Crippen LogP contribution in [0.3, 0.4) is 0 Å². The summed E-state index contributed by atoms with van der Waals surface area (Å²) >= 11 is 3.42. The predicted octanol–water partition coefficient (Wildman–Crippen LogP) is 4.44. The molecule has 0 saturated heterocycles. The minimum atomic E-state index is 0.761. The number of para-hydroxylation sites is 1. The van der Waals surface area contributed by atoms with Crippen molar-refractivity contribution in [2.45, 2.75) is 12.8 Å². The summed E-state index contributed by atoms with van der Waals surface area (Å²) in [5.74, 6) is 1.00. The molecule has 0 bridgehead atoms. The first kappa shape index (κ1) is 13.2. The standard InChI is InChI=1S/C16H17BrO/c17-11-6-12-18-16-10-5-4-9-15(16)13-14-7-2-1-3-8-14/h1-5,7-10H,6,11-13H2. The highest BCUT2D eigenvalue weighted by Gasteiger charge is 2.03. The van der Waals surface area contributed by atoms with Crippen LogP contribution in [0, 0.1) is 0 Å². The van der Waals surface area contributed by atoms with E-state index < -0.39 is 0 Å².